The van der Waals surface area contributed by atoms with E-state index >= 15 is 0 Å². The summed E-state index contributed by atoms with van der Waals surface area (Å²) in [5.41, 5.74) is -0.0680. The van der Waals surface area contributed by atoms with Gasteiger partial charge >= 0.3 is 11.9 Å². The Morgan fingerprint density at radius 3 is 2.71 bits per heavy atom. The largest absolute Gasteiger partial charge is 0.484 e. The normalized spacial score (nSPS) is 14.0. The van der Waals surface area contributed by atoms with E-state index in [1.54, 1.807) is 33.0 Å². The van der Waals surface area contributed by atoms with Gasteiger partial charge in [-0.1, -0.05) is 0 Å². The molecule has 2 heterocycles. The first-order chi connectivity index (χ1) is 9.86. The van der Waals surface area contributed by atoms with Crippen LogP contribution in [0, 0.1) is 5.41 Å². The maximum Gasteiger partial charge on any atom is 0.338 e. The Hall–Kier alpha value is -2.37. The van der Waals surface area contributed by atoms with Gasteiger partial charge in [0.2, 0.25) is 0 Å². The molecule has 1 aromatic heterocycles. The number of pyridine rings is 1. The van der Waals surface area contributed by atoms with Crippen molar-refractivity contribution in [1.82, 2.24) is 4.98 Å². The molecule has 0 amide bonds. The van der Waals surface area contributed by atoms with Crippen LogP contribution in [0.5, 0.6) is 11.6 Å². The summed E-state index contributed by atoms with van der Waals surface area (Å²) in [6.07, 6.45) is 4.23. The van der Waals surface area contributed by atoms with Crippen LogP contribution in [0.3, 0.4) is 0 Å². The zero-order chi connectivity index (χ0) is 15.5. The first-order valence-corrected chi connectivity index (χ1v) is 6.56. The molecular weight excluding hydrogens is 274 g/mol. The van der Waals surface area contributed by atoms with Crippen LogP contribution >= 0.6 is 0 Å². The first kappa shape index (κ1) is 15.0. The number of nitrogens with zero attached hydrogens (tertiary/aromatic N) is 1. The number of ether oxygens (including phenoxy) is 3. The Labute approximate surface area is 122 Å². The summed E-state index contributed by atoms with van der Waals surface area (Å²) < 4.78 is 15.4. The van der Waals surface area contributed by atoms with E-state index in [4.69, 9.17) is 14.2 Å². The van der Waals surface area contributed by atoms with E-state index in [0.717, 1.165) is 0 Å². The van der Waals surface area contributed by atoms with Gasteiger partial charge in [0.1, 0.15) is 13.2 Å². The predicted molar refractivity (Wildman–Crippen MR) is 74.8 cm³/mol. The molecule has 6 nitrogen and oxygen atoms in total. The van der Waals surface area contributed by atoms with Gasteiger partial charge in [-0.15, -0.1) is 0 Å². The lowest BCUT2D eigenvalue weighted by atomic mass is 9.97. The van der Waals surface area contributed by atoms with Crippen molar-refractivity contribution in [1.29, 1.82) is 0 Å². The number of carbonyl (C=O) groups excluding carboxylic acids is 2. The van der Waals surface area contributed by atoms with Crippen molar-refractivity contribution in [2.45, 2.75) is 20.8 Å². The Kier molecular flexibility index (Phi) is 4.26. The smallest absolute Gasteiger partial charge is 0.338 e. The quantitative estimate of drug-likeness (QED) is 0.471. The number of fused-ring (bicyclic) bond motifs is 1. The Balaban J connectivity index is 2.01. The summed E-state index contributed by atoms with van der Waals surface area (Å²) in [6, 6.07) is 1.71. The molecule has 0 saturated heterocycles. The lowest BCUT2D eigenvalue weighted by molar-refractivity contribution is -0.162. The molecule has 0 radical (unpaired) electrons. The molecule has 21 heavy (non-hydrogen) atoms. The van der Waals surface area contributed by atoms with Crippen molar-refractivity contribution in [2.75, 3.05) is 13.2 Å². The van der Waals surface area contributed by atoms with Crippen LogP contribution in [0.1, 0.15) is 26.3 Å². The third kappa shape index (κ3) is 4.05. The Morgan fingerprint density at radius 1 is 1.29 bits per heavy atom. The number of hydrogen-bond acceptors (Lipinski definition) is 6. The summed E-state index contributed by atoms with van der Waals surface area (Å²) in [5, 5.41) is 0. The highest BCUT2D eigenvalue weighted by Crippen LogP contribution is 2.28. The van der Waals surface area contributed by atoms with Gasteiger partial charge in [-0.2, -0.15) is 0 Å². The number of esters is 2. The minimum Gasteiger partial charge on any atom is -0.484 e. The average Bonchev–Trinajstić information content (AvgIpc) is 2.44. The molecule has 0 bridgehead atoms. The second-order valence-electron chi connectivity index (χ2n) is 5.56. The average molecular weight is 291 g/mol. The minimum atomic E-state index is -0.720. The molecule has 0 atom stereocenters. The Bertz CT molecular complexity index is 586. The molecule has 6 heteroatoms. The monoisotopic (exact) mass is 291 g/mol. The topological polar surface area (TPSA) is 74.7 Å². The van der Waals surface area contributed by atoms with Crippen molar-refractivity contribution < 1.29 is 23.8 Å². The molecule has 0 aliphatic carbocycles. The molecule has 0 aromatic carbocycles. The van der Waals surface area contributed by atoms with Crippen LogP contribution in [-0.4, -0.2) is 30.1 Å². The van der Waals surface area contributed by atoms with Crippen LogP contribution in [0.4, 0.5) is 0 Å². The zero-order valence-corrected chi connectivity index (χ0v) is 12.2. The highest BCUT2D eigenvalue weighted by Gasteiger charge is 2.24. The predicted octanol–water partition coefficient (Wildman–Crippen LogP) is 1.98. The van der Waals surface area contributed by atoms with Crippen LogP contribution in [0.15, 0.2) is 18.3 Å². The lowest BCUT2D eigenvalue weighted by Crippen LogP contribution is -2.25. The zero-order valence-electron chi connectivity index (χ0n) is 12.2. The van der Waals surface area contributed by atoms with E-state index in [9.17, 15) is 9.59 Å². The fraction of sp³-hybridized carbons (Fsp3) is 0.400. The van der Waals surface area contributed by atoms with Gasteiger partial charge in [0.15, 0.2) is 5.75 Å². The van der Waals surface area contributed by atoms with E-state index in [-0.39, 0.29) is 0 Å². The molecule has 112 valence electrons. The van der Waals surface area contributed by atoms with Gasteiger partial charge in [-0.25, -0.2) is 9.78 Å². The van der Waals surface area contributed by atoms with Gasteiger partial charge in [0, 0.05) is 12.3 Å². The van der Waals surface area contributed by atoms with Crippen LogP contribution in [-0.2, 0) is 14.3 Å². The second-order valence-corrected chi connectivity index (χ2v) is 5.56. The first-order valence-electron chi connectivity index (χ1n) is 6.56. The highest BCUT2D eigenvalue weighted by molar-refractivity contribution is 5.96. The molecule has 0 N–H and O–H groups in total. The molecule has 2 rings (SSSR count). The highest BCUT2D eigenvalue weighted by atomic mass is 16.6. The number of rotatable bonds is 2. The van der Waals surface area contributed by atoms with Gasteiger partial charge in [-0.3, -0.25) is 4.79 Å². The van der Waals surface area contributed by atoms with Crippen molar-refractivity contribution >= 4 is 18.0 Å². The molecule has 1 aliphatic rings. The van der Waals surface area contributed by atoms with Gasteiger partial charge in [-0.05, 0) is 38.5 Å². The summed E-state index contributed by atoms with van der Waals surface area (Å²) >= 11 is 0. The van der Waals surface area contributed by atoms with E-state index in [0.29, 0.717) is 30.4 Å². The number of hydrogen-bond donors (Lipinski definition) is 0. The maximum atomic E-state index is 11.6. The van der Waals surface area contributed by atoms with Gasteiger partial charge in [0.25, 0.3) is 5.88 Å². The van der Waals surface area contributed by atoms with E-state index < -0.39 is 17.4 Å². The van der Waals surface area contributed by atoms with Crippen molar-refractivity contribution in [3.8, 4) is 11.6 Å². The number of carbonyl (C=O) groups is 2. The number of aromatic nitrogens is 1. The van der Waals surface area contributed by atoms with Crippen LogP contribution in [0.25, 0.3) is 6.08 Å². The van der Waals surface area contributed by atoms with Crippen molar-refractivity contribution in [3.63, 3.8) is 0 Å². The van der Waals surface area contributed by atoms with Gasteiger partial charge < -0.3 is 14.2 Å². The van der Waals surface area contributed by atoms with Crippen LogP contribution in [0.2, 0.25) is 0 Å². The standard InChI is InChI=1S/C15H17NO5/c1-15(2,3)14(18)21-12(17)5-4-10-8-11-13(16-9-10)20-7-6-19-11/h4-5,8-9H,6-7H2,1-3H3. The molecule has 1 aliphatic heterocycles. The van der Waals surface area contributed by atoms with E-state index in [1.807, 2.05) is 0 Å². The Morgan fingerprint density at radius 2 is 2.00 bits per heavy atom. The summed E-state index contributed by atoms with van der Waals surface area (Å²) in [4.78, 5) is 27.2. The SMILES string of the molecule is CC(C)(C)C(=O)OC(=O)C=Cc1cnc2c(c1)OCCO2. The third-order valence-corrected chi connectivity index (χ3v) is 2.64. The molecular formula is C15H17NO5. The molecule has 0 unspecified atom stereocenters. The van der Waals surface area contributed by atoms with Gasteiger partial charge in [0.05, 0.1) is 5.41 Å². The summed E-state index contributed by atoms with van der Waals surface area (Å²) in [6.45, 7) is 5.96. The van der Waals surface area contributed by atoms with Crippen molar-refractivity contribution in [2.24, 2.45) is 5.41 Å². The summed E-state index contributed by atoms with van der Waals surface area (Å²) in [7, 11) is 0. The van der Waals surface area contributed by atoms with E-state index in [2.05, 4.69) is 4.98 Å². The molecule has 0 fully saturated rings. The minimum absolute atomic E-state index is 0.434. The second kappa shape index (κ2) is 5.95. The van der Waals surface area contributed by atoms with Crippen LogP contribution < -0.4 is 9.47 Å². The molecule has 0 saturated carbocycles. The third-order valence-electron chi connectivity index (χ3n) is 2.64. The maximum absolute atomic E-state index is 11.6. The fourth-order valence-electron chi connectivity index (χ4n) is 1.48. The lowest BCUT2D eigenvalue weighted by Gasteiger charge is -2.17. The van der Waals surface area contributed by atoms with Crippen molar-refractivity contribution in [3.05, 3.63) is 23.9 Å². The molecule has 1 aromatic rings. The molecule has 0 spiro atoms. The summed E-state index contributed by atoms with van der Waals surface area (Å²) in [5.74, 6) is -0.325. The van der Waals surface area contributed by atoms with E-state index in [1.165, 1.54) is 12.2 Å². The fourth-order valence-corrected chi connectivity index (χ4v) is 1.48.